The van der Waals surface area contributed by atoms with Crippen LogP contribution in [0.2, 0.25) is 0 Å². The topological polar surface area (TPSA) is 146 Å². The van der Waals surface area contributed by atoms with Gasteiger partial charge in [0, 0.05) is 24.4 Å². The van der Waals surface area contributed by atoms with E-state index in [4.69, 9.17) is 37.3 Å². The summed E-state index contributed by atoms with van der Waals surface area (Å²) in [5.41, 5.74) is -0.986. The van der Waals surface area contributed by atoms with Crippen LogP contribution in [-0.4, -0.2) is 42.0 Å². The molecular weight excluding hydrogens is 535 g/mol. The monoisotopic (exact) mass is 560 g/mol. The molecule has 206 valence electrons. The zero-order valence-corrected chi connectivity index (χ0v) is 21.7. The molecule has 0 amide bonds. The van der Waals surface area contributed by atoms with Gasteiger partial charge in [0.1, 0.15) is 11.5 Å². The molecular formula is C25H25N2O11P. The van der Waals surface area contributed by atoms with Crippen molar-refractivity contribution in [3.8, 4) is 34.5 Å². The number of nitrogens with one attached hydrogen (secondary N) is 1. The van der Waals surface area contributed by atoms with Crippen LogP contribution in [0.3, 0.4) is 0 Å². The van der Waals surface area contributed by atoms with Crippen LogP contribution in [0.4, 0.5) is 0 Å². The Morgan fingerprint density at radius 3 is 2.15 bits per heavy atom. The first-order valence-electron chi connectivity index (χ1n) is 12.2. The van der Waals surface area contributed by atoms with E-state index in [0.29, 0.717) is 29.4 Å². The van der Waals surface area contributed by atoms with Gasteiger partial charge in [0.25, 0.3) is 5.56 Å². The summed E-state index contributed by atoms with van der Waals surface area (Å²) in [7, 11) is -4.25. The van der Waals surface area contributed by atoms with Crippen LogP contribution in [0.1, 0.15) is 13.3 Å². The van der Waals surface area contributed by atoms with Crippen molar-refractivity contribution >= 4 is 7.82 Å². The highest BCUT2D eigenvalue weighted by Gasteiger charge is 2.38. The van der Waals surface area contributed by atoms with Crippen LogP contribution in [0.15, 0.2) is 58.3 Å². The summed E-state index contributed by atoms with van der Waals surface area (Å²) in [6.07, 6.45) is 1.23. The highest BCUT2D eigenvalue weighted by Crippen LogP contribution is 2.52. The Hall–Kier alpha value is -3.93. The molecule has 4 heterocycles. The second-order valence-electron chi connectivity index (χ2n) is 9.23. The predicted octanol–water partition coefficient (Wildman–Crippen LogP) is 3.07. The van der Waals surface area contributed by atoms with E-state index in [1.54, 1.807) is 24.3 Å². The molecule has 0 saturated carbocycles. The third-order valence-corrected chi connectivity index (χ3v) is 7.79. The van der Waals surface area contributed by atoms with Gasteiger partial charge in [-0.15, -0.1) is 0 Å². The lowest BCUT2D eigenvalue weighted by Gasteiger charge is -2.21. The largest absolute Gasteiger partial charge is 0.587 e. The highest BCUT2D eigenvalue weighted by atomic mass is 31.2. The molecule has 0 bridgehead atoms. The van der Waals surface area contributed by atoms with Crippen molar-refractivity contribution in [1.82, 2.24) is 9.55 Å². The summed E-state index contributed by atoms with van der Waals surface area (Å²) in [5, 5.41) is 0. The van der Waals surface area contributed by atoms with Crippen molar-refractivity contribution in [3.05, 3.63) is 69.5 Å². The first-order valence-corrected chi connectivity index (χ1v) is 13.7. The molecule has 3 aliphatic heterocycles. The molecule has 2 aromatic carbocycles. The summed E-state index contributed by atoms with van der Waals surface area (Å²) in [4.78, 5) is 25.7. The summed E-state index contributed by atoms with van der Waals surface area (Å²) < 4.78 is 60.1. The number of nitrogens with zero attached hydrogens (tertiary/aromatic N) is 1. The second-order valence-corrected chi connectivity index (χ2v) is 10.7. The molecule has 1 aromatic heterocycles. The average Bonchev–Trinajstić information content (AvgIpc) is 3.64. The highest BCUT2D eigenvalue weighted by molar-refractivity contribution is 7.49. The minimum absolute atomic E-state index is 0.0568. The summed E-state index contributed by atoms with van der Waals surface area (Å²) in [5.74, 6) is 2.40. The van der Waals surface area contributed by atoms with E-state index in [-0.39, 0.29) is 50.3 Å². The van der Waals surface area contributed by atoms with Crippen LogP contribution < -0.4 is 39.2 Å². The molecule has 3 aromatic rings. The standard InChI is InChI=1S/C25H25N2O11P/c1-15-8-18(36-23(15)11-27-7-6-24(28)26-25(27)29)12-35-39(30,37-16-2-4-19-21(9-16)33-13-31-19)38-17-3-5-20-22(10-17)34-14-32-20/h2-7,9-10,15,18,23H,8,11-14H2,1H3,(H,26,28,29). The van der Waals surface area contributed by atoms with Gasteiger partial charge in [-0.05, 0) is 36.6 Å². The van der Waals surface area contributed by atoms with Crippen LogP contribution >= 0.6 is 7.82 Å². The number of aromatic amines is 1. The normalized spacial score (nSPS) is 21.2. The first kappa shape index (κ1) is 25.4. The van der Waals surface area contributed by atoms with E-state index in [0.717, 1.165) is 0 Å². The van der Waals surface area contributed by atoms with Crippen LogP contribution in [0.25, 0.3) is 0 Å². The van der Waals surface area contributed by atoms with E-state index in [9.17, 15) is 14.2 Å². The van der Waals surface area contributed by atoms with Gasteiger partial charge in [-0.2, -0.15) is 0 Å². The SMILES string of the molecule is CC1CC(COP(=O)(Oc2ccc3c(c2)OCO3)Oc2ccc3c(c2)OCO3)OC1Cn1ccc(=O)[nH]c1=O. The molecule has 6 rings (SSSR count). The molecule has 3 aliphatic rings. The molecule has 14 heteroatoms. The van der Waals surface area contributed by atoms with E-state index in [2.05, 4.69) is 4.98 Å². The Morgan fingerprint density at radius 1 is 0.923 bits per heavy atom. The second kappa shape index (κ2) is 10.3. The molecule has 13 nitrogen and oxygen atoms in total. The number of H-pyrrole nitrogens is 1. The van der Waals surface area contributed by atoms with Crippen molar-refractivity contribution in [2.75, 3.05) is 20.2 Å². The van der Waals surface area contributed by atoms with E-state index >= 15 is 0 Å². The molecule has 0 aliphatic carbocycles. The first-order chi connectivity index (χ1) is 18.8. The number of rotatable bonds is 9. The lowest BCUT2D eigenvalue weighted by molar-refractivity contribution is -0.00104. The molecule has 3 unspecified atom stereocenters. The van der Waals surface area contributed by atoms with Gasteiger partial charge in [-0.3, -0.25) is 18.9 Å². The van der Waals surface area contributed by atoms with Crippen molar-refractivity contribution < 1.29 is 41.8 Å². The fraction of sp³-hybridized carbons (Fsp3) is 0.360. The molecule has 3 atom stereocenters. The zero-order valence-electron chi connectivity index (χ0n) is 20.8. The number of hydrogen-bond acceptors (Lipinski definition) is 11. The summed E-state index contributed by atoms with van der Waals surface area (Å²) >= 11 is 0. The van der Waals surface area contributed by atoms with Gasteiger partial charge in [-0.25, -0.2) is 9.36 Å². The number of phosphoric acid groups is 1. The minimum Gasteiger partial charge on any atom is -0.454 e. The summed E-state index contributed by atoms with van der Waals surface area (Å²) in [6.45, 7) is 2.27. The van der Waals surface area contributed by atoms with Gasteiger partial charge < -0.3 is 32.7 Å². The summed E-state index contributed by atoms with van der Waals surface area (Å²) in [6, 6.07) is 10.7. The lowest BCUT2D eigenvalue weighted by atomic mass is 10.0. The Morgan fingerprint density at radius 2 is 1.54 bits per heavy atom. The maximum atomic E-state index is 13.9. The smallest absolute Gasteiger partial charge is 0.454 e. The molecule has 1 fully saturated rings. The maximum Gasteiger partial charge on any atom is 0.587 e. The zero-order chi connectivity index (χ0) is 27.0. The minimum atomic E-state index is -4.25. The third-order valence-electron chi connectivity index (χ3n) is 6.45. The number of benzene rings is 2. The Bertz CT molecular complexity index is 1470. The van der Waals surface area contributed by atoms with Crippen LogP contribution in [-0.2, 0) is 20.4 Å². The van der Waals surface area contributed by atoms with Crippen LogP contribution in [0.5, 0.6) is 34.5 Å². The lowest BCUT2D eigenvalue weighted by Crippen LogP contribution is -2.33. The number of hydrogen-bond donors (Lipinski definition) is 1. The van der Waals surface area contributed by atoms with Gasteiger partial charge >= 0.3 is 13.5 Å². The van der Waals surface area contributed by atoms with Gasteiger partial charge in [0.2, 0.25) is 13.6 Å². The number of phosphoric ester groups is 1. The van der Waals surface area contributed by atoms with E-state index in [1.165, 1.54) is 29.0 Å². The van der Waals surface area contributed by atoms with Crippen LogP contribution in [0, 0.1) is 5.92 Å². The maximum absolute atomic E-state index is 13.9. The quantitative estimate of drug-likeness (QED) is 0.385. The van der Waals surface area contributed by atoms with E-state index < -0.39 is 25.2 Å². The molecule has 1 saturated heterocycles. The van der Waals surface area contributed by atoms with Crippen molar-refractivity contribution in [2.24, 2.45) is 5.92 Å². The van der Waals surface area contributed by atoms with Crippen molar-refractivity contribution in [1.29, 1.82) is 0 Å². The molecule has 1 N–H and O–H groups in total. The van der Waals surface area contributed by atoms with Crippen molar-refractivity contribution in [3.63, 3.8) is 0 Å². The van der Waals surface area contributed by atoms with Gasteiger partial charge in [0.05, 0.1) is 25.4 Å². The van der Waals surface area contributed by atoms with E-state index in [1.807, 2.05) is 6.92 Å². The Labute approximate surface area is 221 Å². The van der Waals surface area contributed by atoms with Gasteiger partial charge in [-0.1, -0.05) is 6.92 Å². The fourth-order valence-electron chi connectivity index (χ4n) is 4.49. The molecule has 0 radical (unpaired) electrons. The molecule has 0 spiro atoms. The molecule has 39 heavy (non-hydrogen) atoms. The number of aromatic nitrogens is 2. The average molecular weight is 560 g/mol. The third kappa shape index (κ3) is 5.60. The number of fused-ring (bicyclic) bond motifs is 2. The number of ether oxygens (including phenoxy) is 5. The predicted molar refractivity (Wildman–Crippen MR) is 134 cm³/mol. The Kier molecular flexibility index (Phi) is 6.71. The Balaban J connectivity index is 1.17. The fourth-order valence-corrected chi connectivity index (χ4v) is 5.72. The van der Waals surface area contributed by atoms with Gasteiger partial charge in [0.15, 0.2) is 23.0 Å². The van der Waals surface area contributed by atoms with Crippen molar-refractivity contribution in [2.45, 2.75) is 32.1 Å².